The Hall–Kier alpha value is -2.07. The largest absolute Gasteiger partial charge is 0.481 e. The van der Waals surface area contributed by atoms with Gasteiger partial charge in [-0.2, -0.15) is 0 Å². The number of hydrogen-bond donors (Lipinski definition) is 1. The monoisotopic (exact) mass is 319 g/mol. The second-order valence-electron chi connectivity index (χ2n) is 5.45. The van der Waals surface area contributed by atoms with E-state index in [1.54, 1.807) is 30.6 Å². The number of halogens is 1. The van der Waals surface area contributed by atoms with Gasteiger partial charge < -0.3 is 9.84 Å². The minimum Gasteiger partial charge on any atom is -0.481 e. The number of carbonyl (C=O) groups is 1. The van der Waals surface area contributed by atoms with Crippen LogP contribution in [0, 0.1) is 5.92 Å². The third-order valence-electron chi connectivity index (χ3n) is 3.12. The van der Waals surface area contributed by atoms with E-state index in [0.717, 1.165) is 23.1 Å². The third kappa shape index (κ3) is 4.21. The van der Waals surface area contributed by atoms with E-state index in [9.17, 15) is 4.79 Å². The smallest absolute Gasteiger partial charge is 0.341 e. The first-order valence-electron chi connectivity index (χ1n) is 7.04. The Kier molecular flexibility index (Phi) is 5.39. The molecule has 2 rings (SSSR count). The van der Waals surface area contributed by atoms with E-state index in [4.69, 9.17) is 21.4 Å². The molecule has 0 saturated carbocycles. The van der Waals surface area contributed by atoms with Crippen molar-refractivity contribution in [2.24, 2.45) is 5.92 Å². The van der Waals surface area contributed by atoms with Crippen molar-refractivity contribution < 1.29 is 14.6 Å². The zero-order chi connectivity index (χ0) is 16.1. The summed E-state index contributed by atoms with van der Waals surface area (Å²) in [6.07, 6.45) is 4.41. The molecule has 0 aliphatic rings. The van der Waals surface area contributed by atoms with Gasteiger partial charge in [0.15, 0.2) is 6.61 Å². The van der Waals surface area contributed by atoms with Crippen LogP contribution in [-0.4, -0.2) is 22.7 Å². The van der Waals surface area contributed by atoms with Crippen molar-refractivity contribution in [2.75, 3.05) is 6.61 Å². The van der Waals surface area contributed by atoms with Gasteiger partial charge in [-0.05, 0) is 42.2 Å². The van der Waals surface area contributed by atoms with Gasteiger partial charge in [0, 0.05) is 28.5 Å². The molecule has 0 fully saturated rings. The van der Waals surface area contributed by atoms with Crippen LogP contribution in [0.1, 0.15) is 19.4 Å². The van der Waals surface area contributed by atoms with Gasteiger partial charge in [-0.15, -0.1) is 0 Å². The van der Waals surface area contributed by atoms with E-state index in [0.29, 0.717) is 16.7 Å². The fourth-order valence-corrected chi connectivity index (χ4v) is 2.43. The first-order chi connectivity index (χ1) is 10.5. The molecule has 0 unspecified atom stereocenters. The standard InChI is InChI=1S/C17H18ClNO3/c1-11(2)7-12-5-6-19-9-15(12)14-8-13(18)3-4-16(14)22-10-17(20)21/h3-6,8-9,11H,7,10H2,1-2H3,(H,20,21). The average Bonchev–Trinajstić information content (AvgIpc) is 2.46. The van der Waals surface area contributed by atoms with Crippen LogP contribution in [0.4, 0.5) is 0 Å². The van der Waals surface area contributed by atoms with Crippen molar-refractivity contribution in [1.82, 2.24) is 4.98 Å². The Bertz CT molecular complexity index is 671. The summed E-state index contributed by atoms with van der Waals surface area (Å²) in [7, 11) is 0. The van der Waals surface area contributed by atoms with Crippen molar-refractivity contribution in [3.05, 3.63) is 47.2 Å². The molecule has 1 N–H and O–H groups in total. The van der Waals surface area contributed by atoms with Crippen LogP contribution in [0.15, 0.2) is 36.7 Å². The summed E-state index contributed by atoms with van der Waals surface area (Å²) in [5.41, 5.74) is 2.81. The maximum atomic E-state index is 10.7. The number of nitrogens with zero attached hydrogens (tertiary/aromatic N) is 1. The molecule has 0 spiro atoms. The number of pyridine rings is 1. The normalized spacial score (nSPS) is 10.7. The lowest BCUT2D eigenvalue weighted by Gasteiger charge is -2.15. The predicted molar refractivity (Wildman–Crippen MR) is 86.4 cm³/mol. The summed E-state index contributed by atoms with van der Waals surface area (Å²) in [5, 5.41) is 9.37. The first-order valence-corrected chi connectivity index (χ1v) is 7.42. The van der Waals surface area contributed by atoms with Gasteiger partial charge in [0.1, 0.15) is 5.75 Å². The molecule has 4 nitrogen and oxygen atoms in total. The Labute approximate surface area is 134 Å². The maximum Gasteiger partial charge on any atom is 0.341 e. The van der Waals surface area contributed by atoms with E-state index in [1.165, 1.54) is 0 Å². The average molecular weight is 320 g/mol. The zero-order valence-electron chi connectivity index (χ0n) is 12.5. The molecule has 5 heteroatoms. The molecule has 0 aliphatic carbocycles. The van der Waals surface area contributed by atoms with Gasteiger partial charge in [0.05, 0.1) is 0 Å². The molecule has 1 aromatic carbocycles. The Morgan fingerprint density at radius 3 is 2.77 bits per heavy atom. The molecule has 0 amide bonds. The van der Waals surface area contributed by atoms with Crippen molar-refractivity contribution in [1.29, 1.82) is 0 Å². The first kappa shape index (κ1) is 16.3. The Balaban J connectivity index is 2.47. The second kappa shape index (κ2) is 7.27. The van der Waals surface area contributed by atoms with Crippen molar-refractivity contribution >= 4 is 17.6 Å². The molecule has 0 aliphatic heterocycles. The van der Waals surface area contributed by atoms with Gasteiger partial charge in [-0.25, -0.2) is 4.79 Å². The minimum atomic E-state index is -1.02. The molecule has 0 radical (unpaired) electrons. The maximum absolute atomic E-state index is 10.7. The fourth-order valence-electron chi connectivity index (χ4n) is 2.26. The van der Waals surface area contributed by atoms with Crippen LogP contribution in [0.25, 0.3) is 11.1 Å². The van der Waals surface area contributed by atoms with Crippen LogP contribution in [0.2, 0.25) is 5.02 Å². The highest BCUT2D eigenvalue weighted by Gasteiger charge is 2.13. The van der Waals surface area contributed by atoms with Crippen molar-refractivity contribution in [3.63, 3.8) is 0 Å². The molecule has 2 aromatic rings. The highest BCUT2D eigenvalue weighted by molar-refractivity contribution is 6.31. The van der Waals surface area contributed by atoms with Gasteiger partial charge in [0.2, 0.25) is 0 Å². The van der Waals surface area contributed by atoms with E-state index in [1.807, 2.05) is 6.07 Å². The molecule has 0 bridgehead atoms. The predicted octanol–water partition coefficient (Wildman–Crippen LogP) is 4.06. The van der Waals surface area contributed by atoms with Crippen LogP contribution in [0.5, 0.6) is 5.75 Å². The quantitative estimate of drug-likeness (QED) is 0.872. The summed E-state index contributed by atoms with van der Waals surface area (Å²) in [6.45, 7) is 3.89. The lowest BCUT2D eigenvalue weighted by Crippen LogP contribution is -2.10. The molecule has 116 valence electrons. The number of ether oxygens (including phenoxy) is 1. The number of hydrogen-bond acceptors (Lipinski definition) is 3. The minimum absolute atomic E-state index is 0.394. The van der Waals surface area contributed by atoms with Crippen molar-refractivity contribution in [2.45, 2.75) is 20.3 Å². The third-order valence-corrected chi connectivity index (χ3v) is 3.36. The van der Waals surface area contributed by atoms with Gasteiger partial charge in [0.25, 0.3) is 0 Å². The molecular weight excluding hydrogens is 302 g/mol. The van der Waals surface area contributed by atoms with E-state index in [-0.39, 0.29) is 0 Å². The molecule has 22 heavy (non-hydrogen) atoms. The van der Waals surface area contributed by atoms with Gasteiger partial charge >= 0.3 is 5.97 Å². The summed E-state index contributed by atoms with van der Waals surface area (Å²) in [5.74, 6) is -0.0389. The SMILES string of the molecule is CC(C)Cc1ccncc1-c1cc(Cl)ccc1OCC(=O)O. The Morgan fingerprint density at radius 2 is 2.09 bits per heavy atom. The number of carboxylic acid groups (broad SMARTS) is 1. The molecular formula is C17H18ClNO3. The van der Waals surface area contributed by atoms with E-state index in [2.05, 4.69) is 18.8 Å². The number of aromatic nitrogens is 1. The van der Waals surface area contributed by atoms with Crippen molar-refractivity contribution in [3.8, 4) is 16.9 Å². The number of benzene rings is 1. The molecule has 1 aromatic heterocycles. The summed E-state index contributed by atoms with van der Waals surface area (Å²) < 4.78 is 5.38. The van der Waals surface area contributed by atoms with Gasteiger partial charge in [-0.1, -0.05) is 25.4 Å². The molecule has 0 atom stereocenters. The highest BCUT2D eigenvalue weighted by atomic mass is 35.5. The molecule has 1 heterocycles. The Morgan fingerprint density at radius 1 is 1.32 bits per heavy atom. The lowest BCUT2D eigenvalue weighted by molar-refractivity contribution is -0.139. The topological polar surface area (TPSA) is 59.4 Å². The van der Waals surface area contributed by atoms with Gasteiger partial charge in [-0.3, -0.25) is 4.98 Å². The fraction of sp³-hybridized carbons (Fsp3) is 0.294. The number of rotatable bonds is 6. The van der Waals surface area contributed by atoms with E-state index < -0.39 is 12.6 Å². The summed E-state index contributed by atoms with van der Waals surface area (Å²) in [4.78, 5) is 14.9. The second-order valence-corrected chi connectivity index (χ2v) is 5.89. The van der Waals surface area contributed by atoms with Crippen LogP contribution in [-0.2, 0) is 11.2 Å². The van der Waals surface area contributed by atoms with Crippen LogP contribution < -0.4 is 4.74 Å². The zero-order valence-corrected chi connectivity index (χ0v) is 13.3. The summed E-state index contributed by atoms with van der Waals surface area (Å²) >= 11 is 6.10. The summed E-state index contributed by atoms with van der Waals surface area (Å²) in [6, 6.07) is 7.12. The van der Waals surface area contributed by atoms with Crippen LogP contribution >= 0.6 is 11.6 Å². The van der Waals surface area contributed by atoms with Crippen LogP contribution in [0.3, 0.4) is 0 Å². The van der Waals surface area contributed by atoms with E-state index >= 15 is 0 Å². The number of aliphatic carboxylic acids is 1. The highest BCUT2D eigenvalue weighted by Crippen LogP contribution is 2.35. The lowest BCUT2D eigenvalue weighted by atomic mass is 9.95. The molecule has 0 saturated heterocycles. The number of carboxylic acids is 1.